The van der Waals surface area contributed by atoms with Gasteiger partial charge in [0.05, 0.1) is 17.7 Å². The molecule has 5 heteroatoms. The Hall–Kier alpha value is -1.23. The predicted molar refractivity (Wildman–Crippen MR) is 80.5 cm³/mol. The van der Waals surface area contributed by atoms with Crippen molar-refractivity contribution in [1.29, 1.82) is 0 Å². The first-order valence-corrected chi connectivity index (χ1v) is 7.64. The van der Waals surface area contributed by atoms with Crippen molar-refractivity contribution in [2.24, 2.45) is 5.92 Å². The molecule has 1 aliphatic rings. The maximum absolute atomic E-state index is 11.9. The Bertz CT molecular complexity index is 470. The molecule has 1 saturated heterocycles. The van der Waals surface area contributed by atoms with Gasteiger partial charge >= 0.3 is 0 Å². The van der Waals surface area contributed by atoms with Gasteiger partial charge in [0.25, 0.3) is 0 Å². The zero-order chi connectivity index (χ0) is 14.0. The molecule has 0 radical (unpaired) electrons. The van der Waals surface area contributed by atoms with E-state index in [9.17, 15) is 4.79 Å². The highest BCUT2D eigenvalue weighted by Gasteiger charge is 2.26. The minimum absolute atomic E-state index is 0.0945. The van der Waals surface area contributed by atoms with Crippen LogP contribution in [0, 0.1) is 5.92 Å². The molecule has 2 heterocycles. The summed E-state index contributed by atoms with van der Waals surface area (Å²) in [6, 6.07) is 0. The fourth-order valence-corrected chi connectivity index (χ4v) is 3.80. The highest BCUT2D eigenvalue weighted by Crippen LogP contribution is 2.46. The normalized spacial score (nSPS) is 19.5. The summed E-state index contributed by atoms with van der Waals surface area (Å²) in [5.41, 5.74) is 6.58. The van der Waals surface area contributed by atoms with Crippen LogP contribution >= 0.6 is 11.3 Å². The fourth-order valence-electron chi connectivity index (χ4n) is 2.56. The van der Waals surface area contributed by atoms with Gasteiger partial charge in [-0.05, 0) is 18.8 Å². The van der Waals surface area contributed by atoms with Crippen molar-refractivity contribution in [1.82, 2.24) is 0 Å². The van der Waals surface area contributed by atoms with E-state index in [2.05, 4.69) is 11.8 Å². The molecule has 1 aromatic rings. The van der Waals surface area contributed by atoms with Crippen LogP contribution in [0.25, 0.3) is 0 Å². The first-order valence-electron chi connectivity index (χ1n) is 6.82. The molecule has 2 rings (SSSR count). The number of Topliss-reactive ketones (excluding diaryl/α,β-unsaturated/α-hetero) is 1. The molecule has 0 bridgehead atoms. The zero-order valence-corrected chi connectivity index (χ0v) is 12.7. The number of piperidine rings is 1. The SMILES string of the molecule is CCC(=O)c1sc(N2CCCC(C)C2)c(OC)c1N. The van der Waals surface area contributed by atoms with Gasteiger partial charge in [-0.2, -0.15) is 0 Å². The molecular weight excluding hydrogens is 260 g/mol. The number of ether oxygens (including phenoxy) is 1. The molecule has 19 heavy (non-hydrogen) atoms. The Morgan fingerprint density at radius 3 is 2.89 bits per heavy atom. The number of nitrogens with two attached hydrogens (primary N) is 1. The van der Waals surface area contributed by atoms with Crippen LogP contribution in [0.1, 0.15) is 42.8 Å². The molecule has 1 atom stereocenters. The van der Waals surface area contributed by atoms with E-state index in [1.807, 2.05) is 6.92 Å². The topological polar surface area (TPSA) is 55.6 Å². The second-order valence-electron chi connectivity index (χ2n) is 5.15. The number of hydrogen-bond acceptors (Lipinski definition) is 5. The Balaban J connectivity index is 2.36. The maximum atomic E-state index is 11.9. The van der Waals surface area contributed by atoms with Gasteiger partial charge < -0.3 is 15.4 Å². The van der Waals surface area contributed by atoms with Gasteiger partial charge in [-0.3, -0.25) is 4.79 Å². The van der Waals surface area contributed by atoms with Gasteiger partial charge in [-0.1, -0.05) is 13.8 Å². The summed E-state index contributed by atoms with van der Waals surface area (Å²) in [6.45, 7) is 6.14. The molecular formula is C14H22N2O2S. The van der Waals surface area contributed by atoms with Crippen molar-refractivity contribution in [3.8, 4) is 5.75 Å². The number of carbonyl (C=O) groups is 1. The summed E-state index contributed by atoms with van der Waals surface area (Å²) >= 11 is 1.48. The number of nitrogens with zero attached hydrogens (tertiary/aromatic N) is 1. The van der Waals surface area contributed by atoms with Crippen molar-refractivity contribution in [2.75, 3.05) is 30.8 Å². The van der Waals surface area contributed by atoms with Gasteiger partial charge in [-0.25, -0.2) is 0 Å². The zero-order valence-electron chi connectivity index (χ0n) is 11.9. The molecule has 106 valence electrons. The largest absolute Gasteiger partial charge is 0.492 e. The number of carbonyl (C=O) groups excluding carboxylic acids is 1. The quantitative estimate of drug-likeness (QED) is 0.862. The van der Waals surface area contributed by atoms with Crippen LogP contribution in [-0.2, 0) is 0 Å². The van der Waals surface area contributed by atoms with E-state index in [0.717, 1.165) is 18.1 Å². The van der Waals surface area contributed by atoms with Gasteiger partial charge in [0.2, 0.25) is 0 Å². The van der Waals surface area contributed by atoms with Crippen molar-refractivity contribution in [2.45, 2.75) is 33.1 Å². The van der Waals surface area contributed by atoms with E-state index in [-0.39, 0.29) is 5.78 Å². The standard InChI is InChI=1S/C14H22N2O2S/c1-4-10(17)13-11(15)12(18-3)14(19-13)16-7-5-6-9(2)8-16/h9H,4-8,15H2,1-3H3. The smallest absolute Gasteiger partial charge is 0.177 e. The number of rotatable bonds is 4. The fraction of sp³-hybridized carbons (Fsp3) is 0.643. The molecule has 1 fully saturated rings. The van der Waals surface area contributed by atoms with Gasteiger partial charge in [-0.15, -0.1) is 11.3 Å². The number of methoxy groups -OCH3 is 1. The van der Waals surface area contributed by atoms with Crippen molar-refractivity contribution >= 4 is 27.8 Å². The van der Waals surface area contributed by atoms with Gasteiger partial charge in [0.15, 0.2) is 11.5 Å². The number of anilines is 2. The first kappa shape index (κ1) is 14.2. The Morgan fingerprint density at radius 1 is 1.58 bits per heavy atom. The third-order valence-electron chi connectivity index (χ3n) is 3.60. The highest BCUT2D eigenvalue weighted by molar-refractivity contribution is 7.19. The minimum Gasteiger partial charge on any atom is -0.492 e. The number of thiophene rings is 1. The third kappa shape index (κ3) is 2.71. The second-order valence-corrected chi connectivity index (χ2v) is 6.15. The lowest BCUT2D eigenvalue weighted by Gasteiger charge is -2.32. The lowest BCUT2D eigenvalue weighted by molar-refractivity contribution is 0.0992. The van der Waals surface area contributed by atoms with Gasteiger partial charge in [0, 0.05) is 19.5 Å². The van der Waals surface area contributed by atoms with Crippen LogP contribution in [0.5, 0.6) is 5.75 Å². The Morgan fingerprint density at radius 2 is 2.32 bits per heavy atom. The van der Waals surface area contributed by atoms with E-state index in [4.69, 9.17) is 10.5 Å². The van der Waals surface area contributed by atoms with Crippen molar-refractivity contribution < 1.29 is 9.53 Å². The van der Waals surface area contributed by atoms with Crippen molar-refractivity contribution in [3.05, 3.63) is 4.88 Å². The van der Waals surface area contributed by atoms with Crippen LogP contribution in [0.2, 0.25) is 0 Å². The Labute approximate surface area is 118 Å². The van der Waals surface area contributed by atoms with E-state index < -0.39 is 0 Å². The van der Waals surface area contributed by atoms with Gasteiger partial charge in [0.1, 0.15) is 5.00 Å². The van der Waals surface area contributed by atoms with E-state index >= 15 is 0 Å². The maximum Gasteiger partial charge on any atom is 0.177 e. The molecule has 0 spiro atoms. The molecule has 0 amide bonds. The lowest BCUT2D eigenvalue weighted by Crippen LogP contribution is -2.33. The molecule has 4 nitrogen and oxygen atoms in total. The molecule has 0 aliphatic carbocycles. The van der Waals surface area contributed by atoms with Crippen LogP contribution in [0.15, 0.2) is 0 Å². The number of ketones is 1. The first-order chi connectivity index (χ1) is 9.08. The lowest BCUT2D eigenvalue weighted by atomic mass is 10.0. The summed E-state index contributed by atoms with van der Waals surface area (Å²) in [5, 5.41) is 1.02. The van der Waals surface area contributed by atoms with Crippen molar-refractivity contribution in [3.63, 3.8) is 0 Å². The monoisotopic (exact) mass is 282 g/mol. The summed E-state index contributed by atoms with van der Waals surface area (Å²) in [6.07, 6.45) is 2.92. The highest BCUT2D eigenvalue weighted by atomic mass is 32.1. The number of nitrogen functional groups attached to an aromatic ring is 1. The van der Waals surface area contributed by atoms with E-state index in [1.54, 1.807) is 7.11 Å². The minimum atomic E-state index is 0.0945. The Kier molecular flexibility index (Phi) is 4.34. The van der Waals surface area contributed by atoms with Crippen LogP contribution in [0.3, 0.4) is 0 Å². The molecule has 1 unspecified atom stereocenters. The molecule has 2 N–H and O–H groups in total. The number of hydrogen-bond donors (Lipinski definition) is 1. The van der Waals surface area contributed by atoms with Crippen LogP contribution in [-0.4, -0.2) is 26.0 Å². The molecule has 0 aromatic carbocycles. The van der Waals surface area contributed by atoms with E-state index in [0.29, 0.717) is 28.7 Å². The summed E-state index contributed by atoms with van der Waals surface area (Å²) in [7, 11) is 1.62. The molecule has 1 aliphatic heterocycles. The molecule has 0 saturated carbocycles. The van der Waals surface area contributed by atoms with Crippen LogP contribution < -0.4 is 15.4 Å². The molecule has 1 aromatic heterocycles. The third-order valence-corrected chi connectivity index (χ3v) is 4.89. The second kappa shape index (κ2) is 5.82. The van der Waals surface area contributed by atoms with Crippen LogP contribution in [0.4, 0.5) is 10.7 Å². The summed E-state index contributed by atoms with van der Waals surface area (Å²) < 4.78 is 5.43. The summed E-state index contributed by atoms with van der Waals surface area (Å²) in [4.78, 5) is 14.9. The predicted octanol–water partition coefficient (Wildman–Crippen LogP) is 3.17. The van der Waals surface area contributed by atoms with E-state index in [1.165, 1.54) is 24.2 Å². The average Bonchev–Trinajstić information content (AvgIpc) is 2.75. The summed E-state index contributed by atoms with van der Waals surface area (Å²) in [5.74, 6) is 1.44. The average molecular weight is 282 g/mol.